The summed E-state index contributed by atoms with van der Waals surface area (Å²) in [7, 11) is 0. The van der Waals surface area contributed by atoms with E-state index in [0.29, 0.717) is 16.6 Å². The van der Waals surface area contributed by atoms with Crippen LogP contribution in [0.4, 0.5) is 15.8 Å². The van der Waals surface area contributed by atoms with Gasteiger partial charge in [-0.25, -0.2) is 4.98 Å². The molecule has 1 amide bonds. The minimum atomic E-state index is 0.0627. The molecule has 1 aliphatic rings. The maximum Gasteiger partial charge on any atom is 0.224 e. The highest BCUT2D eigenvalue weighted by Crippen LogP contribution is 2.34. The van der Waals surface area contributed by atoms with Gasteiger partial charge in [-0.1, -0.05) is 17.4 Å². The van der Waals surface area contributed by atoms with Crippen LogP contribution in [0.3, 0.4) is 0 Å². The summed E-state index contributed by atoms with van der Waals surface area (Å²) in [6.07, 6.45) is 1.26. The van der Waals surface area contributed by atoms with Crippen LogP contribution in [0.2, 0.25) is 0 Å². The van der Waals surface area contributed by atoms with Crippen molar-refractivity contribution >= 4 is 33.1 Å². The molecule has 0 fully saturated rings. The molecule has 0 saturated carbocycles. The monoisotopic (exact) mass is 260 g/mol. The zero-order valence-corrected chi connectivity index (χ0v) is 10.4. The molecule has 0 unspecified atom stereocenters. The van der Waals surface area contributed by atoms with Gasteiger partial charge in [0.15, 0.2) is 5.13 Å². The number of hydrogen-bond donors (Lipinski definition) is 3. The Morgan fingerprint density at radius 2 is 2.11 bits per heavy atom. The van der Waals surface area contributed by atoms with Crippen LogP contribution in [-0.4, -0.2) is 10.9 Å². The summed E-state index contributed by atoms with van der Waals surface area (Å²) in [5.74, 6) is 0.0627. The molecular weight excluding hydrogens is 248 g/mol. The molecule has 0 saturated heterocycles. The number of rotatable bonds is 1. The van der Waals surface area contributed by atoms with Crippen molar-refractivity contribution in [2.24, 2.45) is 0 Å². The average molecular weight is 260 g/mol. The smallest absolute Gasteiger partial charge is 0.224 e. The number of aryl methyl sites for hydroxylation is 1. The molecule has 2 heterocycles. The van der Waals surface area contributed by atoms with Crippen LogP contribution in [0.25, 0.3) is 11.3 Å². The maximum atomic E-state index is 11.3. The van der Waals surface area contributed by atoms with Gasteiger partial charge in [-0.05, 0) is 24.1 Å². The first kappa shape index (κ1) is 11.0. The number of nitrogens with one attached hydrogen (secondary N) is 1. The van der Waals surface area contributed by atoms with Gasteiger partial charge in [-0.15, -0.1) is 0 Å². The van der Waals surface area contributed by atoms with E-state index >= 15 is 0 Å². The number of aromatic nitrogens is 1. The second-order valence-corrected chi connectivity index (χ2v) is 5.25. The number of anilines is 3. The molecule has 2 aromatic rings. The number of benzene rings is 1. The van der Waals surface area contributed by atoms with E-state index in [0.717, 1.165) is 28.9 Å². The lowest BCUT2D eigenvalue weighted by Gasteiger charge is -2.17. The Labute approximate surface area is 108 Å². The molecule has 3 rings (SSSR count). The molecule has 0 radical (unpaired) electrons. The number of fused-ring (bicyclic) bond motifs is 1. The molecule has 1 aromatic heterocycles. The van der Waals surface area contributed by atoms with Crippen LogP contribution in [-0.2, 0) is 11.2 Å². The lowest BCUT2D eigenvalue weighted by molar-refractivity contribution is -0.116. The van der Waals surface area contributed by atoms with E-state index in [1.807, 2.05) is 18.2 Å². The molecule has 0 atom stereocenters. The number of hydrogen-bond acceptors (Lipinski definition) is 5. The highest BCUT2D eigenvalue weighted by atomic mass is 32.1. The van der Waals surface area contributed by atoms with Crippen LogP contribution in [0.5, 0.6) is 0 Å². The van der Waals surface area contributed by atoms with Crippen molar-refractivity contribution in [3.63, 3.8) is 0 Å². The quantitative estimate of drug-likeness (QED) is 0.729. The number of nitrogen functional groups attached to an aromatic ring is 2. The number of nitrogens with two attached hydrogens (primary N) is 2. The predicted octanol–water partition coefficient (Wildman–Crippen LogP) is 1.86. The van der Waals surface area contributed by atoms with E-state index in [1.165, 1.54) is 11.3 Å². The number of thiazole rings is 1. The van der Waals surface area contributed by atoms with Gasteiger partial charge in [0, 0.05) is 17.7 Å². The summed E-state index contributed by atoms with van der Waals surface area (Å²) in [5.41, 5.74) is 15.2. The molecular formula is C12H12N4OS. The third-order valence-corrected chi connectivity index (χ3v) is 3.66. The number of carbonyl (C=O) groups excluding carboxylic acids is 1. The Morgan fingerprint density at radius 3 is 2.83 bits per heavy atom. The Kier molecular flexibility index (Phi) is 2.45. The summed E-state index contributed by atoms with van der Waals surface area (Å²) in [6, 6.07) is 5.80. The van der Waals surface area contributed by atoms with E-state index in [2.05, 4.69) is 10.3 Å². The minimum Gasteiger partial charge on any atom is -0.389 e. The lowest BCUT2D eigenvalue weighted by atomic mass is 9.99. The Morgan fingerprint density at radius 1 is 1.28 bits per heavy atom. The van der Waals surface area contributed by atoms with Gasteiger partial charge in [0.25, 0.3) is 0 Å². The van der Waals surface area contributed by atoms with Crippen LogP contribution in [0.15, 0.2) is 18.2 Å². The van der Waals surface area contributed by atoms with Crippen molar-refractivity contribution in [3.8, 4) is 11.3 Å². The Hall–Kier alpha value is -2.08. The van der Waals surface area contributed by atoms with E-state index in [9.17, 15) is 4.79 Å². The molecule has 5 nitrogen and oxygen atoms in total. The second kappa shape index (κ2) is 3.99. The van der Waals surface area contributed by atoms with Crippen molar-refractivity contribution < 1.29 is 4.79 Å². The van der Waals surface area contributed by atoms with Gasteiger partial charge in [-0.3, -0.25) is 4.79 Å². The van der Waals surface area contributed by atoms with E-state index < -0.39 is 0 Å². The predicted molar refractivity (Wildman–Crippen MR) is 73.3 cm³/mol. The van der Waals surface area contributed by atoms with Gasteiger partial charge in [-0.2, -0.15) is 0 Å². The molecule has 1 aliphatic heterocycles. The highest BCUT2D eigenvalue weighted by molar-refractivity contribution is 7.19. The first-order chi connectivity index (χ1) is 8.63. The average Bonchev–Trinajstić information content (AvgIpc) is 2.68. The van der Waals surface area contributed by atoms with E-state index in [1.54, 1.807) is 0 Å². The molecule has 1 aromatic carbocycles. The largest absolute Gasteiger partial charge is 0.389 e. The van der Waals surface area contributed by atoms with Crippen molar-refractivity contribution in [3.05, 3.63) is 23.8 Å². The van der Waals surface area contributed by atoms with Crippen molar-refractivity contribution in [1.82, 2.24) is 4.98 Å². The number of carbonyl (C=O) groups is 1. The molecule has 18 heavy (non-hydrogen) atoms. The van der Waals surface area contributed by atoms with Crippen LogP contribution < -0.4 is 16.8 Å². The summed E-state index contributed by atoms with van der Waals surface area (Å²) in [6.45, 7) is 0. The molecule has 0 spiro atoms. The SMILES string of the molecule is Nc1nc(-c2ccc3c(c2)CCC(=O)N3)c(N)s1. The lowest BCUT2D eigenvalue weighted by Crippen LogP contribution is -2.18. The summed E-state index contributed by atoms with van der Waals surface area (Å²) in [4.78, 5) is 15.5. The first-order valence-electron chi connectivity index (χ1n) is 5.58. The van der Waals surface area contributed by atoms with Gasteiger partial charge < -0.3 is 16.8 Å². The molecule has 0 bridgehead atoms. The first-order valence-corrected chi connectivity index (χ1v) is 6.40. The fraction of sp³-hybridized carbons (Fsp3) is 0.167. The van der Waals surface area contributed by atoms with Crippen molar-refractivity contribution in [1.29, 1.82) is 0 Å². The zero-order valence-electron chi connectivity index (χ0n) is 9.56. The van der Waals surface area contributed by atoms with E-state index in [4.69, 9.17) is 11.5 Å². The van der Waals surface area contributed by atoms with Gasteiger partial charge in [0.1, 0.15) is 10.7 Å². The van der Waals surface area contributed by atoms with Gasteiger partial charge >= 0.3 is 0 Å². The van der Waals surface area contributed by atoms with Crippen molar-refractivity contribution in [2.45, 2.75) is 12.8 Å². The minimum absolute atomic E-state index is 0.0627. The summed E-state index contributed by atoms with van der Waals surface area (Å²) in [5, 5.41) is 3.93. The second-order valence-electron chi connectivity index (χ2n) is 4.19. The van der Waals surface area contributed by atoms with Crippen LogP contribution in [0, 0.1) is 0 Å². The topological polar surface area (TPSA) is 94.0 Å². The third kappa shape index (κ3) is 1.80. The van der Waals surface area contributed by atoms with Gasteiger partial charge in [0.2, 0.25) is 5.91 Å². The Bertz CT molecular complexity index is 635. The normalized spacial score (nSPS) is 14.1. The maximum absolute atomic E-state index is 11.3. The Balaban J connectivity index is 2.05. The van der Waals surface area contributed by atoms with Crippen LogP contribution >= 0.6 is 11.3 Å². The fourth-order valence-electron chi connectivity index (χ4n) is 2.09. The standard InChI is InChI=1S/C12H12N4OS/c13-11-10(16-12(14)18-11)7-1-3-8-6(5-7)2-4-9(17)15-8/h1,3,5H,2,4,13H2,(H2,14,16)(H,15,17). The van der Waals surface area contributed by atoms with Crippen LogP contribution in [0.1, 0.15) is 12.0 Å². The molecule has 6 heteroatoms. The summed E-state index contributed by atoms with van der Waals surface area (Å²) >= 11 is 1.28. The zero-order chi connectivity index (χ0) is 12.7. The summed E-state index contributed by atoms with van der Waals surface area (Å²) < 4.78 is 0. The fourth-order valence-corrected chi connectivity index (χ4v) is 2.71. The highest BCUT2D eigenvalue weighted by Gasteiger charge is 2.16. The molecule has 5 N–H and O–H groups in total. The number of amides is 1. The van der Waals surface area contributed by atoms with E-state index in [-0.39, 0.29) is 5.91 Å². The molecule has 92 valence electrons. The van der Waals surface area contributed by atoms with Gasteiger partial charge in [0.05, 0.1) is 0 Å². The van der Waals surface area contributed by atoms with Crippen molar-refractivity contribution in [2.75, 3.05) is 16.8 Å². The third-order valence-electron chi connectivity index (χ3n) is 2.94. The number of nitrogens with zero attached hydrogens (tertiary/aromatic N) is 1. The molecule has 0 aliphatic carbocycles.